The van der Waals surface area contributed by atoms with Gasteiger partial charge in [0.25, 0.3) is 0 Å². The number of hydrogen-bond donors (Lipinski definition) is 0. The molecule has 0 aromatic heterocycles. The Balaban J connectivity index is 5.05. The van der Waals surface area contributed by atoms with Crippen LogP contribution in [0.3, 0.4) is 0 Å². The summed E-state index contributed by atoms with van der Waals surface area (Å²) in [5.41, 5.74) is 1.60. The third-order valence-corrected chi connectivity index (χ3v) is 6.41. The molecule has 0 aliphatic carbocycles. The molecule has 1 nitrogen and oxygen atoms in total. The highest BCUT2D eigenvalue weighted by molar-refractivity contribution is 6.73. The molecule has 0 N–H and O–H groups in total. The van der Waals surface area contributed by atoms with Crippen LogP contribution in [0.5, 0.6) is 0 Å². The van der Waals surface area contributed by atoms with Crippen molar-refractivity contribution in [2.24, 2.45) is 0 Å². The lowest BCUT2D eigenvalue weighted by molar-refractivity contribution is 0.308. The highest BCUT2D eigenvalue weighted by Gasteiger charge is 2.30. The summed E-state index contributed by atoms with van der Waals surface area (Å²) < 4.78 is 2.74. The number of nitrogens with zero attached hydrogens (tertiary/aromatic N) is 1. The van der Waals surface area contributed by atoms with Crippen molar-refractivity contribution in [1.82, 2.24) is 4.57 Å². The van der Waals surface area contributed by atoms with Crippen molar-refractivity contribution in [3.05, 3.63) is 10.8 Å². The first-order valence-corrected chi connectivity index (χ1v) is 10.5. The molecule has 0 spiro atoms. The fourth-order valence-corrected chi connectivity index (χ4v) is 5.75. The molecule has 0 amide bonds. The van der Waals surface area contributed by atoms with Crippen LogP contribution in [0.2, 0.25) is 19.6 Å². The summed E-state index contributed by atoms with van der Waals surface area (Å²) in [4.78, 5) is 0. The van der Waals surface area contributed by atoms with Crippen LogP contribution in [0, 0.1) is 0 Å². The third kappa shape index (κ3) is 4.25. The highest BCUT2D eigenvalue weighted by atomic mass is 28.3. The number of rotatable bonds is 4. The van der Waals surface area contributed by atoms with Gasteiger partial charge >= 0.3 is 0 Å². The van der Waals surface area contributed by atoms with E-state index in [1.54, 1.807) is 10.8 Å². The van der Waals surface area contributed by atoms with Gasteiger partial charge in [0.2, 0.25) is 0 Å². The first-order chi connectivity index (χ1) is 6.59. The molecule has 15 heavy (non-hydrogen) atoms. The van der Waals surface area contributed by atoms with Crippen LogP contribution in [0.1, 0.15) is 34.6 Å². The normalized spacial score (nSPS) is 17.2. The molecular formula is C12H29NSi2. The van der Waals surface area contributed by atoms with Gasteiger partial charge < -0.3 is 4.57 Å². The minimum Gasteiger partial charge on any atom is -0.316 e. The highest BCUT2D eigenvalue weighted by Crippen LogP contribution is 2.22. The lowest BCUT2D eigenvalue weighted by Crippen LogP contribution is -2.54. The van der Waals surface area contributed by atoms with E-state index in [9.17, 15) is 0 Å². The van der Waals surface area contributed by atoms with Crippen LogP contribution in [-0.2, 0) is 0 Å². The van der Waals surface area contributed by atoms with Crippen molar-refractivity contribution in [3.63, 3.8) is 0 Å². The number of allylic oxidation sites excluding steroid dienone is 1. The molecule has 0 aromatic rings. The Morgan fingerprint density at radius 1 is 1.07 bits per heavy atom. The maximum absolute atomic E-state index is 2.74. The summed E-state index contributed by atoms with van der Waals surface area (Å²) in [5.74, 6) is 0. The van der Waals surface area contributed by atoms with Gasteiger partial charge in [0.1, 0.15) is 8.24 Å². The van der Waals surface area contributed by atoms with E-state index in [2.05, 4.69) is 58.8 Å². The van der Waals surface area contributed by atoms with Gasteiger partial charge in [0.15, 0.2) is 0 Å². The van der Waals surface area contributed by atoms with E-state index in [0.29, 0.717) is 12.1 Å². The van der Waals surface area contributed by atoms with Crippen molar-refractivity contribution >= 4 is 18.5 Å². The average Bonchev–Trinajstić information content (AvgIpc) is 1.98. The summed E-state index contributed by atoms with van der Waals surface area (Å²) in [6, 6.07) is 1.27. The van der Waals surface area contributed by atoms with Crippen molar-refractivity contribution in [2.45, 2.75) is 66.3 Å². The molecule has 1 unspecified atom stereocenters. The van der Waals surface area contributed by atoms with E-state index in [1.165, 1.54) is 10.2 Å². The first-order valence-electron chi connectivity index (χ1n) is 6.01. The Kier molecular flexibility index (Phi) is 5.51. The van der Waals surface area contributed by atoms with Crippen LogP contribution in [0.25, 0.3) is 0 Å². The van der Waals surface area contributed by atoms with Gasteiger partial charge in [-0.15, -0.1) is 0 Å². The van der Waals surface area contributed by atoms with Crippen molar-refractivity contribution in [3.8, 4) is 0 Å². The van der Waals surface area contributed by atoms with Crippen LogP contribution < -0.4 is 0 Å². The molecule has 0 saturated heterocycles. The summed E-state index contributed by atoms with van der Waals surface area (Å²) in [6.07, 6.45) is 0. The monoisotopic (exact) mass is 243 g/mol. The number of hydrogen-bond acceptors (Lipinski definition) is 1. The van der Waals surface area contributed by atoms with Crippen molar-refractivity contribution in [1.29, 1.82) is 0 Å². The van der Waals surface area contributed by atoms with E-state index < -0.39 is 8.24 Å². The molecule has 0 aromatic carbocycles. The van der Waals surface area contributed by atoms with Crippen molar-refractivity contribution in [2.75, 3.05) is 0 Å². The molecule has 0 bridgehead atoms. The smallest absolute Gasteiger partial charge is 0.120 e. The largest absolute Gasteiger partial charge is 0.316 e. The molecule has 90 valence electrons. The minimum absolute atomic E-state index is 0.620. The maximum Gasteiger partial charge on any atom is 0.120 e. The Morgan fingerprint density at radius 3 is 1.67 bits per heavy atom. The SMILES string of the molecule is CC([SiH3])=C(C)C(C)N(C(C)C)[Si](C)(C)C. The van der Waals surface area contributed by atoms with E-state index in [1.807, 2.05) is 0 Å². The fraction of sp³-hybridized carbons (Fsp3) is 0.833. The summed E-state index contributed by atoms with van der Waals surface area (Å²) in [6.45, 7) is 18.9. The van der Waals surface area contributed by atoms with Gasteiger partial charge in [0, 0.05) is 16.3 Å². The van der Waals surface area contributed by atoms with Crippen LogP contribution in [0.4, 0.5) is 0 Å². The van der Waals surface area contributed by atoms with E-state index in [4.69, 9.17) is 0 Å². The summed E-state index contributed by atoms with van der Waals surface area (Å²) >= 11 is 0. The van der Waals surface area contributed by atoms with Gasteiger partial charge in [-0.1, -0.05) is 44.3 Å². The molecule has 0 aliphatic heterocycles. The van der Waals surface area contributed by atoms with Crippen LogP contribution in [-0.4, -0.2) is 35.1 Å². The Bertz CT molecular complexity index is 234. The lowest BCUT2D eigenvalue weighted by atomic mass is 10.1. The average molecular weight is 244 g/mol. The topological polar surface area (TPSA) is 3.24 Å². The third-order valence-electron chi connectivity index (χ3n) is 3.16. The molecule has 0 saturated carbocycles. The van der Waals surface area contributed by atoms with E-state index in [-0.39, 0.29) is 0 Å². The fourth-order valence-electron chi connectivity index (χ4n) is 2.43. The second kappa shape index (κ2) is 5.46. The van der Waals surface area contributed by atoms with Gasteiger partial charge in [-0.05, 0) is 26.8 Å². The molecule has 0 fully saturated rings. The van der Waals surface area contributed by atoms with Gasteiger partial charge in [0.05, 0.1) is 0 Å². The van der Waals surface area contributed by atoms with Gasteiger partial charge in [-0.3, -0.25) is 0 Å². The summed E-state index contributed by atoms with van der Waals surface area (Å²) in [7, 11) is -0.00937. The minimum atomic E-state index is -1.21. The Hall–Kier alpha value is 0.134. The quantitative estimate of drug-likeness (QED) is 0.686. The van der Waals surface area contributed by atoms with Gasteiger partial charge in [-0.2, -0.15) is 0 Å². The van der Waals surface area contributed by atoms with E-state index in [0.717, 1.165) is 0 Å². The van der Waals surface area contributed by atoms with Gasteiger partial charge in [-0.25, -0.2) is 0 Å². The maximum atomic E-state index is 2.74. The Morgan fingerprint density at radius 2 is 1.47 bits per heavy atom. The standard InChI is InChI=1S/C12H29NSi2/c1-9(2)13(15(6,7)8)11(4)10(3)12(5)14/h9,11H,1-8,14H3. The predicted octanol–water partition coefficient (Wildman–Crippen LogP) is 2.58. The van der Waals surface area contributed by atoms with Crippen LogP contribution in [0.15, 0.2) is 10.8 Å². The zero-order valence-electron chi connectivity index (χ0n) is 12.1. The summed E-state index contributed by atoms with van der Waals surface area (Å²) in [5, 5.41) is 1.60. The molecular weight excluding hydrogens is 214 g/mol. The zero-order valence-corrected chi connectivity index (χ0v) is 15.1. The zero-order chi connectivity index (χ0) is 12.4. The second-order valence-corrected chi connectivity index (χ2v) is 12.4. The molecule has 3 heteroatoms. The Labute approximate surface area is 100 Å². The van der Waals surface area contributed by atoms with Crippen molar-refractivity contribution < 1.29 is 0 Å². The lowest BCUT2D eigenvalue weighted by Gasteiger charge is -2.43. The molecule has 0 aliphatic rings. The first kappa shape index (κ1) is 15.1. The second-order valence-electron chi connectivity index (χ2n) is 6.03. The molecule has 0 radical (unpaired) electrons. The van der Waals surface area contributed by atoms with Crippen LogP contribution >= 0.6 is 0 Å². The van der Waals surface area contributed by atoms with E-state index >= 15 is 0 Å². The molecule has 0 heterocycles. The molecule has 1 atom stereocenters. The predicted molar refractivity (Wildman–Crippen MR) is 78.1 cm³/mol. The molecule has 0 rings (SSSR count).